The Kier molecular flexibility index (Phi) is 14.7. The molecule has 0 aromatic heterocycles. The van der Waals surface area contributed by atoms with Crippen LogP contribution in [0.5, 0.6) is 5.75 Å². The van der Waals surface area contributed by atoms with Gasteiger partial charge in [-0.25, -0.2) is 4.39 Å². The molecule has 45 heavy (non-hydrogen) atoms. The lowest BCUT2D eigenvalue weighted by molar-refractivity contribution is -0.139. The molecule has 3 rings (SSSR count). The Hall–Kier alpha value is -3.09. The van der Waals surface area contributed by atoms with Gasteiger partial charge in [-0.2, -0.15) is 0 Å². The van der Waals surface area contributed by atoms with E-state index in [-0.39, 0.29) is 62.3 Å². The number of nitrogens with zero attached hydrogens (tertiary/aromatic N) is 2. The maximum Gasteiger partial charge on any atom is 0.237 e. The summed E-state index contributed by atoms with van der Waals surface area (Å²) >= 11 is 0. The molecule has 1 aliphatic rings. The van der Waals surface area contributed by atoms with Gasteiger partial charge in [-0.05, 0) is 42.5 Å². The molecule has 250 valence electrons. The topological polar surface area (TPSA) is 121 Å². The van der Waals surface area contributed by atoms with Gasteiger partial charge in [0.25, 0.3) is 0 Å². The van der Waals surface area contributed by atoms with E-state index in [4.69, 9.17) is 14.2 Å². The molecule has 11 heteroatoms. The minimum Gasteiger partial charge on any atom is -0.497 e. The Bertz CT molecular complexity index is 1220. The van der Waals surface area contributed by atoms with Crippen molar-refractivity contribution in [2.45, 2.75) is 64.5 Å². The molecule has 0 saturated carbocycles. The monoisotopic (exact) mass is 631 g/mol. The Balaban J connectivity index is 2.04. The zero-order valence-electron chi connectivity index (χ0n) is 27.2. The van der Waals surface area contributed by atoms with Crippen LogP contribution in [0.15, 0.2) is 48.5 Å². The van der Waals surface area contributed by atoms with E-state index >= 15 is 0 Å². The van der Waals surface area contributed by atoms with E-state index in [2.05, 4.69) is 19.2 Å². The minimum absolute atomic E-state index is 0.0141. The predicted molar refractivity (Wildman–Crippen MR) is 169 cm³/mol. The van der Waals surface area contributed by atoms with Crippen LogP contribution in [0.3, 0.4) is 0 Å². The largest absolute Gasteiger partial charge is 0.497 e. The quantitative estimate of drug-likeness (QED) is 0.407. The van der Waals surface area contributed by atoms with Gasteiger partial charge in [-0.15, -0.1) is 0 Å². The summed E-state index contributed by atoms with van der Waals surface area (Å²) in [5, 5.41) is 24.6. The van der Waals surface area contributed by atoms with Crippen molar-refractivity contribution in [1.82, 2.24) is 15.1 Å². The zero-order chi connectivity index (χ0) is 32.9. The number of aliphatic hydroxyl groups excluding tert-OH is 2. The molecular formula is C34H50FN3O7. The summed E-state index contributed by atoms with van der Waals surface area (Å²) < 4.78 is 31.1. The lowest BCUT2D eigenvalue weighted by Gasteiger charge is -2.42. The highest BCUT2D eigenvalue weighted by Gasteiger charge is 2.37. The third-order valence-corrected chi connectivity index (χ3v) is 8.48. The molecule has 1 saturated heterocycles. The normalized spacial score (nSPS) is 24.2. The molecule has 5 atom stereocenters. The van der Waals surface area contributed by atoms with Gasteiger partial charge >= 0.3 is 0 Å². The predicted octanol–water partition coefficient (Wildman–Crippen LogP) is 3.16. The lowest BCUT2D eigenvalue weighted by atomic mass is 9.82. The van der Waals surface area contributed by atoms with Crippen LogP contribution in [-0.4, -0.2) is 104 Å². The van der Waals surface area contributed by atoms with Gasteiger partial charge in [-0.1, -0.05) is 44.2 Å². The maximum absolute atomic E-state index is 14.3. The molecule has 10 nitrogen and oxygen atoms in total. The second-order valence-electron chi connectivity index (χ2n) is 11.9. The highest BCUT2D eigenvalue weighted by Crippen LogP contribution is 2.36. The number of amides is 2. The summed E-state index contributed by atoms with van der Waals surface area (Å²) in [6.07, 6.45) is -2.11. The first-order chi connectivity index (χ1) is 21.6. The lowest BCUT2D eigenvalue weighted by Crippen LogP contribution is -2.51. The van der Waals surface area contributed by atoms with Gasteiger partial charge in [0.1, 0.15) is 29.9 Å². The van der Waals surface area contributed by atoms with Crippen LogP contribution in [0.1, 0.15) is 50.8 Å². The van der Waals surface area contributed by atoms with Crippen LogP contribution in [-0.2, 0) is 25.6 Å². The highest BCUT2D eigenvalue weighted by atomic mass is 19.1. The molecule has 0 aliphatic carbocycles. The first-order valence-corrected chi connectivity index (χ1v) is 15.7. The first-order valence-electron chi connectivity index (χ1n) is 15.7. The van der Waals surface area contributed by atoms with Gasteiger partial charge in [-0.3, -0.25) is 9.59 Å². The molecule has 2 aromatic carbocycles. The number of benzene rings is 2. The standard InChI is InChI=1S/C34H50FN3O7/c1-23(2)28-20-37(24(3)39)21-31(44-5)34(42)30(40)22-45-16-9-8-15-38(33(28)25-12-10-13-27(17-25)43-4)32(41)19-36-18-26-11-6-7-14-29(26)35/h6-7,10-14,17,23,28,30-31,33-34,36,40,42H,8-9,15-16,18-22H2,1-5H3/t28-,30+,31+,33-,34+/m1/s1. The van der Waals surface area contributed by atoms with Crippen molar-refractivity contribution in [3.63, 3.8) is 0 Å². The van der Waals surface area contributed by atoms with E-state index in [1.807, 2.05) is 29.2 Å². The fourth-order valence-electron chi connectivity index (χ4n) is 5.79. The Labute approximate surface area is 266 Å². The van der Waals surface area contributed by atoms with Gasteiger partial charge < -0.3 is 39.5 Å². The van der Waals surface area contributed by atoms with Crippen LogP contribution < -0.4 is 10.1 Å². The molecule has 1 aliphatic heterocycles. The summed E-state index contributed by atoms with van der Waals surface area (Å²) in [5.41, 5.74) is 1.33. The average Bonchev–Trinajstić information content (AvgIpc) is 3.03. The second kappa shape index (κ2) is 18.2. The van der Waals surface area contributed by atoms with Crippen LogP contribution in [0.4, 0.5) is 4.39 Å². The number of methoxy groups -OCH3 is 2. The number of rotatable bonds is 8. The smallest absolute Gasteiger partial charge is 0.237 e. The third-order valence-electron chi connectivity index (χ3n) is 8.48. The molecule has 0 bridgehead atoms. The van der Waals surface area contributed by atoms with E-state index in [1.54, 1.807) is 30.2 Å². The molecule has 1 heterocycles. The average molecular weight is 632 g/mol. The third kappa shape index (κ3) is 10.5. The molecule has 0 spiro atoms. The van der Waals surface area contributed by atoms with E-state index in [9.17, 15) is 24.2 Å². The number of ether oxygens (including phenoxy) is 3. The Morgan fingerprint density at radius 2 is 1.84 bits per heavy atom. The molecule has 2 aromatic rings. The van der Waals surface area contributed by atoms with E-state index in [1.165, 1.54) is 20.1 Å². The number of aliphatic hydroxyl groups is 2. The van der Waals surface area contributed by atoms with Crippen molar-refractivity contribution in [3.8, 4) is 5.75 Å². The minimum atomic E-state index is -1.27. The van der Waals surface area contributed by atoms with Crippen molar-refractivity contribution in [2.24, 2.45) is 11.8 Å². The number of halogens is 1. The molecule has 3 N–H and O–H groups in total. The van der Waals surface area contributed by atoms with Crippen molar-refractivity contribution < 1.29 is 38.4 Å². The molecular weight excluding hydrogens is 581 g/mol. The Morgan fingerprint density at radius 3 is 2.51 bits per heavy atom. The van der Waals surface area contributed by atoms with Crippen LogP contribution >= 0.6 is 0 Å². The van der Waals surface area contributed by atoms with Crippen molar-refractivity contribution >= 4 is 11.8 Å². The highest BCUT2D eigenvalue weighted by molar-refractivity contribution is 5.79. The molecule has 1 fully saturated rings. The zero-order valence-corrected chi connectivity index (χ0v) is 27.2. The van der Waals surface area contributed by atoms with E-state index in [0.717, 1.165) is 5.56 Å². The summed E-state index contributed by atoms with van der Waals surface area (Å²) in [6.45, 7) is 6.69. The first kappa shape index (κ1) is 36.4. The molecule has 0 radical (unpaired) electrons. The molecule has 0 unspecified atom stereocenters. The van der Waals surface area contributed by atoms with Crippen molar-refractivity contribution in [3.05, 3.63) is 65.5 Å². The number of carbonyl (C=O) groups is 2. The number of hydrogen-bond donors (Lipinski definition) is 3. The maximum atomic E-state index is 14.3. The van der Waals surface area contributed by atoms with E-state index in [0.29, 0.717) is 37.3 Å². The van der Waals surface area contributed by atoms with Gasteiger partial charge in [0.15, 0.2) is 0 Å². The summed E-state index contributed by atoms with van der Waals surface area (Å²) in [6, 6.07) is 13.6. The summed E-state index contributed by atoms with van der Waals surface area (Å²) in [4.78, 5) is 30.6. The fourth-order valence-corrected chi connectivity index (χ4v) is 5.79. The van der Waals surface area contributed by atoms with E-state index < -0.39 is 24.4 Å². The molecule has 2 amide bonds. The van der Waals surface area contributed by atoms with Crippen LogP contribution in [0.2, 0.25) is 0 Å². The van der Waals surface area contributed by atoms with Gasteiger partial charge in [0.05, 0.1) is 26.3 Å². The van der Waals surface area contributed by atoms with Gasteiger partial charge in [0.2, 0.25) is 11.8 Å². The number of nitrogens with one attached hydrogen (secondary N) is 1. The summed E-state index contributed by atoms with van der Waals surface area (Å²) in [5.74, 6) is -0.305. The van der Waals surface area contributed by atoms with Crippen molar-refractivity contribution in [1.29, 1.82) is 0 Å². The van der Waals surface area contributed by atoms with Crippen LogP contribution in [0, 0.1) is 17.7 Å². The summed E-state index contributed by atoms with van der Waals surface area (Å²) in [7, 11) is 3.02. The van der Waals surface area contributed by atoms with Crippen molar-refractivity contribution in [2.75, 3.05) is 53.6 Å². The van der Waals surface area contributed by atoms with Crippen LogP contribution in [0.25, 0.3) is 0 Å². The second-order valence-corrected chi connectivity index (χ2v) is 11.9. The Morgan fingerprint density at radius 1 is 1.09 bits per heavy atom. The number of hydrogen-bond acceptors (Lipinski definition) is 8. The number of carbonyl (C=O) groups excluding carboxylic acids is 2. The fraction of sp³-hybridized carbons (Fsp3) is 0.588. The van der Waals surface area contributed by atoms with Gasteiger partial charge in [0, 0.05) is 58.3 Å². The SMILES string of the molecule is COc1cccc([C@@H]2[C@@H](C(C)C)CN(C(C)=O)C[C@H](OC)[C@@H](O)[C@@H](O)COCCCCN2C(=O)CNCc2ccccc2F)c1.